The second-order valence-corrected chi connectivity index (χ2v) is 7.65. The van der Waals surface area contributed by atoms with Gasteiger partial charge in [0.2, 0.25) is 0 Å². The summed E-state index contributed by atoms with van der Waals surface area (Å²) in [5, 5.41) is 12.6. The van der Waals surface area contributed by atoms with Crippen molar-refractivity contribution in [2.45, 2.75) is 20.1 Å². The summed E-state index contributed by atoms with van der Waals surface area (Å²) in [7, 11) is 1.59. The van der Waals surface area contributed by atoms with E-state index < -0.39 is 5.91 Å². The third kappa shape index (κ3) is 6.77. The quantitative estimate of drug-likeness (QED) is 0.306. The fourth-order valence-corrected chi connectivity index (χ4v) is 3.41. The lowest BCUT2D eigenvalue weighted by atomic mass is 10.1. The summed E-state index contributed by atoms with van der Waals surface area (Å²) in [5.74, 6) is 1.09. The summed E-state index contributed by atoms with van der Waals surface area (Å²) >= 11 is 6.48. The average Bonchev–Trinajstić information content (AvgIpc) is 2.86. The van der Waals surface area contributed by atoms with Crippen LogP contribution in [-0.2, 0) is 17.9 Å². The highest BCUT2D eigenvalue weighted by atomic mass is 35.5. The molecule has 0 unspecified atom stereocenters. The van der Waals surface area contributed by atoms with Crippen LogP contribution >= 0.6 is 11.6 Å². The number of benzene rings is 3. The molecule has 0 saturated carbocycles. The largest absolute Gasteiger partial charge is 0.497 e. The number of carbonyl (C=O) groups excluding carboxylic acids is 1. The summed E-state index contributed by atoms with van der Waals surface area (Å²) in [6.45, 7) is 2.86. The molecule has 3 rings (SSSR count). The molecule has 0 aliphatic rings. The molecule has 3 aromatic carbocycles. The maximum Gasteiger partial charge on any atom is 0.262 e. The average molecular weight is 477 g/mol. The van der Waals surface area contributed by atoms with Gasteiger partial charge in [0.1, 0.15) is 24.0 Å². The van der Waals surface area contributed by atoms with Crippen LogP contribution in [0.25, 0.3) is 6.08 Å². The third-order valence-electron chi connectivity index (χ3n) is 4.85. The van der Waals surface area contributed by atoms with Gasteiger partial charge in [0.15, 0.2) is 11.5 Å². The van der Waals surface area contributed by atoms with Gasteiger partial charge < -0.3 is 19.5 Å². The number of methoxy groups -OCH3 is 1. The molecule has 0 spiro atoms. The lowest BCUT2D eigenvalue weighted by Gasteiger charge is -2.15. The third-order valence-corrected chi connectivity index (χ3v) is 5.13. The number of carbonyl (C=O) groups is 1. The van der Waals surface area contributed by atoms with Crippen molar-refractivity contribution in [3.63, 3.8) is 0 Å². The van der Waals surface area contributed by atoms with Gasteiger partial charge in [0.05, 0.1) is 18.7 Å². The summed E-state index contributed by atoms with van der Waals surface area (Å²) in [4.78, 5) is 12.6. The minimum atomic E-state index is -0.489. The number of halogens is 1. The predicted molar refractivity (Wildman–Crippen MR) is 132 cm³/mol. The van der Waals surface area contributed by atoms with E-state index >= 15 is 0 Å². The zero-order chi connectivity index (χ0) is 24.3. The monoisotopic (exact) mass is 476 g/mol. The highest BCUT2D eigenvalue weighted by Crippen LogP contribution is 2.38. The summed E-state index contributed by atoms with van der Waals surface area (Å²) in [6, 6.07) is 22.3. The summed E-state index contributed by atoms with van der Waals surface area (Å²) < 4.78 is 16.8. The Morgan fingerprint density at radius 1 is 1.06 bits per heavy atom. The van der Waals surface area contributed by atoms with Gasteiger partial charge in [0.25, 0.3) is 5.91 Å². The molecule has 0 atom stereocenters. The molecule has 34 heavy (non-hydrogen) atoms. The van der Waals surface area contributed by atoms with Crippen molar-refractivity contribution >= 4 is 23.6 Å². The van der Waals surface area contributed by atoms with Crippen molar-refractivity contribution in [3.05, 3.63) is 94.0 Å². The molecule has 0 saturated heterocycles. The van der Waals surface area contributed by atoms with E-state index in [1.54, 1.807) is 31.4 Å². The minimum absolute atomic E-state index is 0.0509. The van der Waals surface area contributed by atoms with E-state index in [4.69, 9.17) is 25.8 Å². The van der Waals surface area contributed by atoms with E-state index in [2.05, 4.69) is 5.32 Å². The molecule has 1 N–H and O–H groups in total. The van der Waals surface area contributed by atoms with Crippen molar-refractivity contribution in [2.75, 3.05) is 13.7 Å². The van der Waals surface area contributed by atoms with Crippen LogP contribution in [0, 0.1) is 11.3 Å². The van der Waals surface area contributed by atoms with Crippen LogP contribution < -0.4 is 19.5 Å². The van der Waals surface area contributed by atoms with E-state index in [9.17, 15) is 10.1 Å². The molecule has 0 aromatic heterocycles. The molecular formula is C27H25ClN2O4. The Hall–Kier alpha value is -3.95. The Balaban J connectivity index is 1.75. The highest BCUT2D eigenvalue weighted by Gasteiger charge is 2.15. The molecular weight excluding hydrogens is 452 g/mol. The second kappa shape index (κ2) is 12.3. The number of nitrogens with one attached hydrogen (secondary N) is 1. The van der Waals surface area contributed by atoms with Crippen LogP contribution in [0.4, 0.5) is 0 Å². The van der Waals surface area contributed by atoms with Crippen molar-refractivity contribution < 1.29 is 19.0 Å². The van der Waals surface area contributed by atoms with Crippen LogP contribution in [-0.4, -0.2) is 19.6 Å². The van der Waals surface area contributed by atoms with E-state index in [0.29, 0.717) is 35.3 Å². The Morgan fingerprint density at radius 3 is 2.44 bits per heavy atom. The van der Waals surface area contributed by atoms with Gasteiger partial charge in [-0.15, -0.1) is 0 Å². The molecule has 0 radical (unpaired) electrons. The van der Waals surface area contributed by atoms with Gasteiger partial charge in [-0.25, -0.2) is 0 Å². The maximum atomic E-state index is 12.6. The maximum absolute atomic E-state index is 12.6. The number of nitriles is 1. The van der Waals surface area contributed by atoms with E-state index in [1.165, 1.54) is 6.08 Å². The fourth-order valence-electron chi connectivity index (χ4n) is 3.14. The van der Waals surface area contributed by atoms with Crippen LogP contribution in [0.15, 0.2) is 72.3 Å². The van der Waals surface area contributed by atoms with Crippen molar-refractivity contribution in [1.29, 1.82) is 5.26 Å². The van der Waals surface area contributed by atoms with E-state index in [1.807, 2.05) is 55.5 Å². The van der Waals surface area contributed by atoms with Gasteiger partial charge in [0, 0.05) is 6.54 Å². The first-order chi connectivity index (χ1) is 16.5. The summed E-state index contributed by atoms with van der Waals surface area (Å²) in [6.07, 6.45) is 1.47. The number of rotatable bonds is 10. The lowest BCUT2D eigenvalue weighted by molar-refractivity contribution is -0.117. The molecule has 0 fully saturated rings. The Kier molecular flexibility index (Phi) is 8.96. The van der Waals surface area contributed by atoms with Crippen molar-refractivity contribution in [1.82, 2.24) is 5.32 Å². The van der Waals surface area contributed by atoms with Crippen LogP contribution in [0.3, 0.4) is 0 Å². The van der Waals surface area contributed by atoms with Crippen LogP contribution in [0.2, 0.25) is 5.02 Å². The highest BCUT2D eigenvalue weighted by molar-refractivity contribution is 6.32. The fraction of sp³-hybridized carbons (Fsp3) is 0.185. The zero-order valence-corrected chi connectivity index (χ0v) is 19.8. The molecule has 3 aromatic rings. The predicted octanol–water partition coefficient (Wildman–Crippen LogP) is 5.55. The minimum Gasteiger partial charge on any atom is -0.497 e. The number of nitrogens with zero attached hydrogens (tertiary/aromatic N) is 1. The van der Waals surface area contributed by atoms with Crippen molar-refractivity contribution in [2.24, 2.45) is 0 Å². The molecule has 1 amide bonds. The number of ether oxygens (including phenoxy) is 3. The molecule has 174 valence electrons. The Labute approximate surface area is 204 Å². The first-order valence-electron chi connectivity index (χ1n) is 10.7. The van der Waals surface area contributed by atoms with Gasteiger partial charge in [-0.05, 0) is 54.0 Å². The SMILES string of the molecule is CCOc1cc(/C=C(/C#N)C(=O)NCc2ccc(OC)cc2)cc(Cl)c1OCc1ccccc1. The Bertz CT molecular complexity index is 1190. The Morgan fingerprint density at radius 2 is 1.79 bits per heavy atom. The molecule has 7 heteroatoms. The van der Waals surface area contributed by atoms with Gasteiger partial charge in [-0.1, -0.05) is 54.1 Å². The topological polar surface area (TPSA) is 80.6 Å². The standard InChI is InChI=1S/C27H25ClN2O4/c1-3-33-25-15-21(14-24(28)26(25)34-18-20-7-5-4-6-8-20)13-22(16-29)27(31)30-17-19-9-11-23(32-2)12-10-19/h4-15H,3,17-18H2,1-2H3,(H,30,31)/b22-13-. The van der Waals surface area contributed by atoms with Gasteiger partial charge in [-0.2, -0.15) is 5.26 Å². The smallest absolute Gasteiger partial charge is 0.262 e. The normalized spacial score (nSPS) is 10.8. The van der Waals surface area contributed by atoms with E-state index in [0.717, 1.165) is 16.9 Å². The molecule has 0 aliphatic heterocycles. The van der Waals surface area contributed by atoms with Gasteiger partial charge >= 0.3 is 0 Å². The van der Waals surface area contributed by atoms with E-state index in [-0.39, 0.29) is 12.1 Å². The van der Waals surface area contributed by atoms with Crippen LogP contribution in [0.1, 0.15) is 23.6 Å². The lowest BCUT2D eigenvalue weighted by Crippen LogP contribution is -2.23. The molecule has 0 heterocycles. The number of amides is 1. The molecule has 0 aliphatic carbocycles. The van der Waals surface area contributed by atoms with Gasteiger partial charge in [-0.3, -0.25) is 4.79 Å². The summed E-state index contributed by atoms with van der Waals surface area (Å²) in [5.41, 5.74) is 2.37. The zero-order valence-electron chi connectivity index (χ0n) is 19.0. The first kappa shape index (κ1) is 24.7. The molecule has 6 nitrogen and oxygen atoms in total. The van der Waals surface area contributed by atoms with Crippen LogP contribution in [0.5, 0.6) is 17.2 Å². The van der Waals surface area contributed by atoms with Crippen molar-refractivity contribution in [3.8, 4) is 23.3 Å². The number of hydrogen-bond donors (Lipinski definition) is 1. The number of hydrogen-bond acceptors (Lipinski definition) is 5. The second-order valence-electron chi connectivity index (χ2n) is 7.24. The molecule has 0 bridgehead atoms. The first-order valence-corrected chi connectivity index (χ1v) is 11.1.